The van der Waals surface area contributed by atoms with E-state index < -0.39 is 0 Å². The summed E-state index contributed by atoms with van der Waals surface area (Å²) >= 11 is 0. The third kappa shape index (κ3) is 4.51. The lowest BCUT2D eigenvalue weighted by Crippen LogP contribution is -2.32. The molecule has 0 saturated heterocycles. The van der Waals surface area contributed by atoms with Gasteiger partial charge in [-0.1, -0.05) is 19.8 Å². The Bertz CT molecular complexity index is 338. The molecule has 0 aliphatic carbocycles. The topological polar surface area (TPSA) is 41.0 Å². The summed E-state index contributed by atoms with van der Waals surface area (Å²) in [6.07, 6.45) is 5.38. The molecule has 0 atom stereocenters. The fraction of sp³-hybridized carbons (Fsp3) is 0.714. The third-order valence-corrected chi connectivity index (χ3v) is 2.93. The number of hydrogen-bond donors (Lipinski definition) is 1. The van der Waals surface area contributed by atoms with Gasteiger partial charge in [0.1, 0.15) is 18.0 Å². The van der Waals surface area contributed by atoms with Crippen LogP contribution in [0.25, 0.3) is 0 Å². The molecule has 0 amide bonds. The highest BCUT2D eigenvalue weighted by atomic mass is 15.2. The molecule has 0 aliphatic heterocycles. The second kappa shape index (κ2) is 7.90. The summed E-state index contributed by atoms with van der Waals surface area (Å²) in [5.41, 5.74) is 0. The molecule has 0 radical (unpaired) electrons. The highest BCUT2D eigenvalue weighted by Crippen LogP contribution is 2.17. The number of anilines is 2. The van der Waals surface area contributed by atoms with E-state index >= 15 is 0 Å². The van der Waals surface area contributed by atoms with Crippen molar-refractivity contribution in [2.45, 2.75) is 53.0 Å². The SMILES string of the molecule is CCCCCN(c1cc(NCC)ncn1)C(C)C. The van der Waals surface area contributed by atoms with E-state index in [1.807, 2.05) is 6.07 Å². The van der Waals surface area contributed by atoms with Gasteiger partial charge in [0.15, 0.2) is 0 Å². The van der Waals surface area contributed by atoms with Crippen LogP contribution in [0.4, 0.5) is 11.6 Å². The van der Waals surface area contributed by atoms with Gasteiger partial charge >= 0.3 is 0 Å². The van der Waals surface area contributed by atoms with Crippen molar-refractivity contribution in [3.8, 4) is 0 Å². The average molecular weight is 250 g/mol. The van der Waals surface area contributed by atoms with E-state index in [2.05, 4.69) is 47.9 Å². The molecule has 4 heteroatoms. The minimum absolute atomic E-state index is 0.464. The van der Waals surface area contributed by atoms with Crippen LogP contribution >= 0.6 is 0 Å². The first-order chi connectivity index (χ1) is 8.69. The lowest BCUT2D eigenvalue weighted by molar-refractivity contribution is 0.619. The molecule has 1 aromatic rings. The van der Waals surface area contributed by atoms with Crippen molar-refractivity contribution >= 4 is 11.6 Å². The maximum atomic E-state index is 4.40. The lowest BCUT2D eigenvalue weighted by Gasteiger charge is -2.28. The molecule has 1 rings (SSSR count). The van der Waals surface area contributed by atoms with E-state index in [4.69, 9.17) is 0 Å². The Hall–Kier alpha value is -1.32. The molecule has 0 aromatic carbocycles. The summed E-state index contributed by atoms with van der Waals surface area (Å²) in [5, 5.41) is 3.23. The van der Waals surface area contributed by atoms with E-state index in [0.717, 1.165) is 24.7 Å². The monoisotopic (exact) mass is 250 g/mol. The van der Waals surface area contributed by atoms with Gasteiger partial charge in [0, 0.05) is 25.2 Å². The standard InChI is InChI=1S/C14H26N4/c1-5-7-8-9-18(12(3)4)14-10-13(15-6-2)16-11-17-14/h10-12H,5-9H2,1-4H3,(H,15,16,17). The first-order valence-electron chi connectivity index (χ1n) is 7.01. The molecule has 1 aromatic heterocycles. The molecule has 102 valence electrons. The zero-order valence-corrected chi connectivity index (χ0v) is 12.1. The van der Waals surface area contributed by atoms with Gasteiger partial charge in [-0.3, -0.25) is 0 Å². The van der Waals surface area contributed by atoms with Gasteiger partial charge in [-0.25, -0.2) is 9.97 Å². The van der Waals surface area contributed by atoms with E-state index in [9.17, 15) is 0 Å². The maximum absolute atomic E-state index is 4.40. The fourth-order valence-electron chi connectivity index (χ4n) is 1.95. The first kappa shape index (κ1) is 14.7. The van der Waals surface area contributed by atoms with Crippen molar-refractivity contribution in [1.29, 1.82) is 0 Å². The van der Waals surface area contributed by atoms with Gasteiger partial charge in [-0.15, -0.1) is 0 Å². The number of nitrogens with one attached hydrogen (secondary N) is 1. The highest BCUT2D eigenvalue weighted by Gasteiger charge is 2.12. The van der Waals surface area contributed by atoms with E-state index in [1.165, 1.54) is 19.3 Å². The van der Waals surface area contributed by atoms with Gasteiger partial charge in [-0.05, 0) is 27.2 Å². The van der Waals surface area contributed by atoms with Crippen LogP contribution in [-0.2, 0) is 0 Å². The number of nitrogens with zero attached hydrogens (tertiary/aromatic N) is 3. The molecule has 1 N–H and O–H groups in total. The Morgan fingerprint density at radius 3 is 2.61 bits per heavy atom. The molecule has 1 heterocycles. The van der Waals surface area contributed by atoms with Crippen LogP contribution < -0.4 is 10.2 Å². The maximum Gasteiger partial charge on any atom is 0.134 e. The molecule has 4 nitrogen and oxygen atoms in total. The first-order valence-corrected chi connectivity index (χ1v) is 7.01. The summed E-state index contributed by atoms with van der Waals surface area (Å²) in [6.45, 7) is 10.7. The highest BCUT2D eigenvalue weighted by molar-refractivity contribution is 5.48. The summed E-state index contributed by atoms with van der Waals surface area (Å²) in [4.78, 5) is 11.0. The third-order valence-electron chi connectivity index (χ3n) is 2.93. The van der Waals surface area contributed by atoms with Crippen LogP contribution in [-0.4, -0.2) is 29.1 Å². The number of aromatic nitrogens is 2. The van der Waals surface area contributed by atoms with Crippen molar-refractivity contribution in [3.05, 3.63) is 12.4 Å². The largest absolute Gasteiger partial charge is 0.370 e. The quantitative estimate of drug-likeness (QED) is 0.719. The van der Waals surface area contributed by atoms with Gasteiger partial charge in [-0.2, -0.15) is 0 Å². The Balaban J connectivity index is 2.74. The molecular weight excluding hydrogens is 224 g/mol. The molecule has 0 unspecified atom stereocenters. The molecule has 18 heavy (non-hydrogen) atoms. The van der Waals surface area contributed by atoms with Crippen LogP contribution in [0, 0.1) is 0 Å². The molecule has 0 spiro atoms. The van der Waals surface area contributed by atoms with Crippen molar-refractivity contribution in [2.24, 2.45) is 0 Å². The number of rotatable bonds is 8. The molecular formula is C14H26N4. The number of unbranched alkanes of at least 4 members (excludes halogenated alkanes) is 2. The van der Waals surface area contributed by atoms with Gasteiger partial charge < -0.3 is 10.2 Å². The van der Waals surface area contributed by atoms with Crippen molar-refractivity contribution in [2.75, 3.05) is 23.3 Å². The second-order valence-electron chi connectivity index (χ2n) is 4.79. The van der Waals surface area contributed by atoms with E-state index in [0.29, 0.717) is 6.04 Å². The summed E-state index contributed by atoms with van der Waals surface area (Å²) in [7, 11) is 0. The molecule has 0 fully saturated rings. The van der Waals surface area contributed by atoms with Crippen molar-refractivity contribution in [1.82, 2.24) is 9.97 Å². The second-order valence-corrected chi connectivity index (χ2v) is 4.79. The zero-order valence-electron chi connectivity index (χ0n) is 12.1. The van der Waals surface area contributed by atoms with E-state index in [1.54, 1.807) is 6.33 Å². The molecule has 0 bridgehead atoms. The van der Waals surface area contributed by atoms with Crippen LogP contribution in [0.15, 0.2) is 12.4 Å². The Kier molecular flexibility index (Phi) is 6.47. The average Bonchev–Trinajstić information content (AvgIpc) is 2.35. The minimum atomic E-state index is 0.464. The van der Waals surface area contributed by atoms with Gasteiger partial charge in [0.2, 0.25) is 0 Å². The van der Waals surface area contributed by atoms with Gasteiger partial charge in [0.05, 0.1) is 0 Å². The summed E-state index contributed by atoms with van der Waals surface area (Å²) < 4.78 is 0. The summed E-state index contributed by atoms with van der Waals surface area (Å²) in [5.74, 6) is 1.93. The van der Waals surface area contributed by atoms with Crippen molar-refractivity contribution in [3.63, 3.8) is 0 Å². The normalized spacial score (nSPS) is 10.7. The predicted octanol–water partition coefficient (Wildman–Crippen LogP) is 3.31. The predicted molar refractivity (Wildman–Crippen MR) is 78.2 cm³/mol. The van der Waals surface area contributed by atoms with Crippen LogP contribution in [0.5, 0.6) is 0 Å². The smallest absolute Gasteiger partial charge is 0.134 e. The molecule has 0 aliphatic rings. The Labute approximate surface area is 111 Å². The Morgan fingerprint density at radius 2 is 2.00 bits per heavy atom. The van der Waals surface area contributed by atoms with Gasteiger partial charge in [0.25, 0.3) is 0 Å². The van der Waals surface area contributed by atoms with Crippen LogP contribution in [0.3, 0.4) is 0 Å². The zero-order chi connectivity index (χ0) is 13.4. The lowest BCUT2D eigenvalue weighted by atomic mass is 10.2. The molecule has 0 saturated carbocycles. The van der Waals surface area contributed by atoms with Crippen molar-refractivity contribution < 1.29 is 0 Å². The minimum Gasteiger partial charge on any atom is -0.370 e. The van der Waals surface area contributed by atoms with Crippen LogP contribution in [0.2, 0.25) is 0 Å². The van der Waals surface area contributed by atoms with E-state index in [-0.39, 0.29) is 0 Å². The summed E-state index contributed by atoms with van der Waals surface area (Å²) in [6, 6.07) is 2.50. The fourth-order valence-corrected chi connectivity index (χ4v) is 1.95. The number of hydrogen-bond acceptors (Lipinski definition) is 4. The Morgan fingerprint density at radius 1 is 1.22 bits per heavy atom. The van der Waals surface area contributed by atoms with Crippen LogP contribution in [0.1, 0.15) is 47.0 Å².